The molecule has 0 unspecified atom stereocenters. The molecule has 2 atom stereocenters. The minimum absolute atomic E-state index is 0.00706. The highest BCUT2D eigenvalue weighted by molar-refractivity contribution is 5.86. The van der Waals surface area contributed by atoms with E-state index in [1.54, 1.807) is 32.4 Å². The van der Waals surface area contributed by atoms with Crippen LogP contribution in [0.2, 0.25) is 0 Å². The number of rotatable bonds is 9. The number of ether oxygens (including phenoxy) is 5. The van der Waals surface area contributed by atoms with Crippen LogP contribution >= 0.6 is 0 Å². The molecular formula is C29H31NO7. The lowest BCUT2D eigenvalue weighted by Crippen LogP contribution is -2.21. The van der Waals surface area contributed by atoms with E-state index < -0.39 is 6.09 Å². The molecule has 0 saturated carbocycles. The lowest BCUT2D eigenvalue weighted by atomic mass is 9.85. The van der Waals surface area contributed by atoms with E-state index in [1.165, 1.54) is 7.11 Å². The summed E-state index contributed by atoms with van der Waals surface area (Å²) in [6.45, 7) is 2.30. The second-order valence-corrected chi connectivity index (χ2v) is 8.96. The predicted molar refractivity (Wildman–Crippen MR) is 139 cm³/mol. The SMILES string of the molecule is COc1ccc(C[C@H]2COC(=O)[C@@H]2Cc2ccc(OC(=O)Nc3cccc(C)c3)c(OC)c2)cc1OC. The molecule has 8 heteroatoms. The van der Waals surface area contributed by atoms with Gasteiger partial charge in [0.2, 0.25) is 0 Å². The highest BCUT2D eigenvalue weighted by Crippen LogP contribution is 2.35. The van der Waals surface area contributed by atoms with Crippen molar-refractivity contribution in [2.24, 2.45) is 11.8 Å². The van der Waals surface area contributed by atoms with E-state index in [2.05, 4.69) is 5.32 Å². The van der Waals surface area contributed by atoms with Gasteiger partial charge in [0.15, 0.2) is 23.0 Å². The summed E-state index contributed by atoms with van der Waals surface area (Å²) in [6, 6.07) is 18.5. The highest BCUT2D eigenvalue weighted by atomic mass is 16.6. The Bertz CT molecular complexity index is 1270. The number of nitrogens with one attached hydrogen (secondary N) is 1. The zero-order valence-corrected chi connectivity index (χ0v) is 21.4. The number of hydrogen-bond acceptors (Lipinski definition) is 7. The van der Waals surface area contributed by atoms with Crippen LogP contribution in [0, 0.1) is 18.8 Å². The lowest BCUT2D eigenvalue weighted by molar-refractivity contribution is -0.141. The molecule has 194 valence electrons. The number of amides is 1. The molecule has 3 aromatic carbocycles. The fourth-order valence-electron chi connectivity index (χ4n) is 4.51. The van der Waals surface area contributed by atoms with Crippen LogP contribution in [0.3, 0.4) is 0 Å². The summed E-state index contributed by atoms with van der Waals surface area (Å²) in [6.07, 6.45) is 0.517. The van der Waals surface area contributed by atoms with Crippen LogP contribution in [0.4, 0.5) is 10.5 Å². The number of hydrogen-bond donors (Lipinski definition) is 1. The van der Waals surface area contributed by atoms with Crippen LogP contribution in [0.1, 0.15) is 16.7 Å². The molecular weight excluding hydrogens is 474 g/mol. The Kier molecular flexibility index (Phi) is 8.18. The van der Waals surface area contributed by atoms with Gasteiger partial charge in [0.1, 0.15) is 0 Å². The molecule has 0 spiro atoms. The largest absolute Gasteiger partial charge is 0.493 e. The summed E-state index contributed by atoms with van der Waals surface area (Å²) in [5.74, 6) is 1.47. The highest BCUT2D eigenvalue weighted by Gasteiger charge is 2.37. The van der Waals surface area contributed by atoms with Gasteiger partial charge in [-0.1, -0.05) is 24.3 Å². The van der Waals surface area contributed by atoms with Gasteiger partial charge in [-0.25, -0.2) is 4.79 Å². The van der Waals surface area contributed by atoms with E-state index in [0.717, 1.165) is 16.7 Å². The van der Waals surface area contributed by atoms with Gasteiger partial charge in [0.25, 0.3) is 0 Å². The summed E-state index contributed by atoms with van der Waals surface area (Å²) in [4.78, 5) is 25.0. The number of aryl methyl sites for hydroxylation is 1. The Labute approximate surface area is 216 Å². The molecule has 1 aliphatic heterocycles. The van der Waals surface area contributed by atoms with Gasteiger partial charge in [-0.05, 0) is 72.9 Å². The van der Waals surface area contributed by atoms with Gasteiger partial charge in [-0.2, -0.15) is 0 Å². The maximum atomic E-state index is 12.6. The minimum atomic E-state index is -0.619. The van der Waals surface area contributed by atoms with E-state index in [9.17, 15) is 9.59 Å². The van der Waals surface area contributed by atoms with Gasteiger partial charge in [0.05, 0.1) is 33.9 Å². The molecule has 1 heterocycles. The molecule has 1 fully saturated rings. The Balaban J connectivity index is 1.44. The van der Waals surface area contributed by atoms with E-state index in [4.69, 9.17) is 23.7 Å². The van der Waals surface area contributed by atoms with Gasteiger partial charge >= 0.3 is 12.1 Å². The van der Waals surface area contributed by atoms with E-state index in [-0.39, 0.29) is 23.6 Å². The molecule has 1 amide bonds. The van der Waals surface area contributed by atoms with E-state index in [1.807, 2.05) is 49.4 Å². The Morgan fingerprint density at radius 3 is 2.19 bits per heavy atom. The zero-order chi connectivity index (χ0) is 26.4. The van der Waals surface area contributed by atoms with Crippen molar-refractivity contribution < 1.29 is 33.3 Å². The first kappa shape index (κ1) is 25.9. The lowest BCUT2D eigenvalue weighted by Gasteiger charge is -2.17. The normalized spacial score (nSPS) is 16.6. The Morgan fingerprint density at radius 2 is 1.51 bits per heavy atom. The van der Waals surface area contributed by atoms with Gasteiger partial charge in [-0.15, -0.1) is 0 Å². The van der Waals surface area contributed by atoms with Crippen molar-refractivity contribution in [3.8, 4) is 23.0 Å². The fourth-order valence-corrected chi connectivity index (χ4v) is 4.51. The second-order valence-electron chi connectivity index (χ2n) is 8.96. The zero-order valence-electron chi connectivity index (χ0n) is 21.4. The van der Waals surface area contributed by atoms with E-state index in [0.29, 0.717) is 42.4 Å². The number of cyclic esters (lactones) is 1. The fraction of sp³-hybridized carbons (Fsp3) is 0.310. The van der Waals surface area contributed by atoms with Gasteiger partial charge in [-0.3, -0.25) is 10.1 Å². The average molecular weight is 506 g/mol. The van der Waals surface area contributed by atoms with Crippen LogP contribution in [0.25, 0.3) is 0 Å². The minimum Gasteiger partial charge on any atom is -0.493 e. The first-order valence-corrected chi connectivity index (χ1v) is 12.0. The van der Waals surface area contributed by atoms with Crippen molar-refractivity contribution >= 4 is 17.7 Å². The van der Waals surface area contributed by atoms with Crippen molar-refractivity contribution in [3.63, 3.8) is 0 Å². The molecule has 0 aromatic heterocycles. The Hall–Kier alpha value is -4.20. The summed E-state index contributed by atoms with van der Waals surface area (Å²) in [5, 5.41) is 2.71. The van der Waals surface area contributed by atoms with Crippen molar-refractivity contribution in [1.82, 2.24) is 0 Å². The number of methoxy groups -OCH3 is 3. The number of carbonyl (C=O) groups is 2. The monoisotopic (exact) mass is 505 g/mol. The number of carbonyl (C=O) groups excluding carboxylic acids is 2. The third-order valence-corrected chi connectivity index (χ3v) is 6.41. The van der Waals surface area contributed by atoms with Gasteiger partial charge < -0.3 is 23.7 Å². The molecule has 4 rings (SSSR count). The number of anilines is 1. The topological polar surface area (TPSA) is 92.3 Å². The smallest absolute Gasteiger partial charge is 0.417 e. The molecule has 0 radical (unpaired) electrons. The van der Waals surface area contributed by atoms with Crippen molar-refractivity contribution in [3.05, 3.63) is 77.4 Å². The molecule has 37 heavy (non-hydrogen) atoms. The third-order valence-electron chi connectivity index (χ3n) is 6.41. The first-order valence-electron chi connectivity index (χ1n) is 12.0. The standard InChI is InChI=1S/C29H31NO7/c1-18-6-5-7-22(12-18)30-29(32)37-25-11-9-20(16-27(25)35-4)14-23-21(17-36-28(23)31)13-19-8-10-24(33-2)26(15-19)34-3/h5-12,15-16,21,23H,13-14,17H2,1-4H3,(H,30,32)/t21-,23+/m0/s1. The predicted octanol–water partition coefficient (Wildman–Crippen LogP) is 5.21. The number of benzene rings is 3. The second kappa shape index (κ2) is 11.7. The van der Waals surface area contributed by atoms with Gasteiger partial charge in [0, 0.05) is 11.6 Å². The number of esters is 1. The molecule has 1 saturated heterocycles. The first-order chi connectivity index (χ1) is 17.9. The molecule has 8 nitrogen and oxygen atoms in total. The molecule has 1 N–H and O–H groups in total. The van der Waals surface area contributed by atoms with E-state index >= 15 is 0 Å². The van der Waals surface area contributed by atoms with Crippen molar-refractivity contribution in [2.45, 2.75) is 19.8 Å². The Morgan fingerprint density at radius 1 is 0.865 bits per heavy atom. The maximum Gasteiger partial charge on any atom is 0.417 e. The molecule has 3 aromatic rings. The van der Waals surface area contributed by atoms with Crippen LogP contribution in [-0.4, -0.2) is 40.0 Å². The summed E-state index contributed by atoms with van der Waals surface area (Å²) in [7, 11) is 4.70. The van der Waals surface area contributed by atoms with Crippen molar-refractivity contribution in [2.75, 3.05) is 33.3 Å². The van der Waals surface area contributed by atoms with Crippen LogP contribution < -0.4 is 24.3 Å². The van der Waals surface area contributed by atoms with Crippen LogP contribution in [0.15, 0.2) is 60.7 Å². The average Bonchev–Trinajstić information content (AvgIpc) is 3.23. The molecule has 0 bridgehead atoms. The molecule has 0 aliphatic carbocycles. The summed E-state index contributed by atoms with van der Waals surface area (Å²) >= 11 is 0. The third kappa shape index (κ3) is 6.33. The summed E-state index contributed by atoms with van der Waals surface area (Å²) in [5.41, 5.74) is 3.58. The molecule has 1 aliphatic rings. The maximum absolute atomic E-state index is 12.6. The quantitative estimate of drug-likeness (QED) is 0.399. The van der Waals surface area contributed by atoms with Crippen molar-refractivity contribution in [1.29, 1.82) is 0 Å². The van der Waals surface area contributed by atoms with Crippen LogP contribution in [-0.2, 0) is 22.4 Å². The van der Waals surface area contributed by atoms with Crippen LogP contribution in [0.5, 0.6) is 23.0 Å². The summed E-state index contributed by atoms with van der Waals surface area (Å²) < 4.78 is 27.1.